The lowest BCUT2D eigenvalue weighted by molar-refractivity contribution is 0.100. The van der Waals surface area contributed by atoms with E-state index in [2.05, 4.69) is 4.98 Å². The van der Waals surface area contributed by atoms with Gasteiger partial charge in [-0.25, -0.2) is 0 Å². The molecule has 2 aromatic carbocycles. The second-order valence-corrected chi connectivity index (χ2v) is 4.76. The highest BCUT2D eigenvalue weighted by Crippen LogP contribution is 2.27. The van der Waals surface area contributed by atoms with Gasteiger partial charge in [0.15, 0.2) is 0 Å². The highest BCUT2D eigenvalue weighted by atomic mass is 35.5. The average molecular weight is 271 g/mol. The van der Waals surface area contributed by atoms with Crippen molar-refractivity contribution in [3.8, 4) is 11.3 Å². The van der Waals surface area contributed by atoms with Crippen LogP contribution in [0.4, 0.5) is 0 Å². The van der Waals surface area contributed by atoms with Gasteiger partial charge in [-0.1, -0.05) is 35.9 Å². The van der Waals surface area contributed by atoms with Crippen molar-refractivity contribution >= 4 is 28.4 Å². The fourth-order valence-corrected chi connectivity index (χ4v) is 2.36. The Morgan fingerprint density at radius 1 is 1.11 bits per heavy atom. The first kappa shape index (κ1) is 11.8. The number of carbonyl (C=O) groups is 1. The molecule has 0 aliphatic carbocycles. The summed E-state index contributed by atoms with van der Waals surface area (Å²) in [6.45, 7) is 0. The average Bonchev–Trinajstić information content (AvgIpc) is 2.82. The van der Waals surface area contributed by atoms with Crippen LogP contribution in [-0.2, 0) is 0 Å². The first-order valence-corrected chi connectivity index (χ1v) is 6.20. The molecule has 1 heterocycles. The molecule has 3 rings (SSSR count). The minimum absolute atomic E-state index is 0.440. The molecule has 0 saturated carbocycles. The topological polar surface area (TPSA) is 58.9 Å². The molecule has 0 radical (unpaired) electrons. The van der Waals surface area contributed by atoms with Crippen LogP contribution in [0.5, 0.6) is 0 Å². The van der Waals surface area contributed by atoms with Crippen LogP contribution >= 0.6 is 11.6 Å². The van der Waals surface area contributed by atoms with Crippen LogP contribution < -0.4 is 5.73 Å². The fraction of sp³-hybridized carbons (Fsp3) is 0. The molecule has 1 aromatic heterocycles. The summed E-state index contributed by atoms with van der Waals surface area (Å²) < 4.78 is 0. The zero-order valence-corrected chi connectivity index (χ0v) is 10.7. The quantitative estimate of drug-likeness (QED) is 0.734. The van der Waals surface area contributed by atoms with Crippen LogP contribution in [0.15, 0.2) is 48.5 Å². The van der Waals surface area contributed by atoms with E-state index in [1.807, 2.05) is 42.5 Å². The number of H-pyrrole nitrogens is 1. The number of aromatic nitrogens is 1. The van der Waals surface area contributed by atoms with E-state index < -0.39 is 5.91 Å². The van der Waals surface area contributed by atoms with Crippen molar-refractivity contribution in [2.75, 3.05) is 0 Å². The van der Waals surface area contributed by atoms with Crippen molar-refractivity contribution in [2.45, 2.75) is 0 Å². The number of rotatable bonds is 2. The highest BCUT2D eigenvalue weighted by Gasteiger charge is 2.10. The van der Waals surface area contributed by atoms with Crippen molar-refractivity contribution in [3.63, 3.8) is 0 Å². The number of nitrogens with two attached hydrogens (primary N) is 1. The Kier molecular flexibility index (Phi) is 2.76. The van der Waals surface area contributed by atoms with E-state index in [-0.39, 0.29) is 0 Å². The Balaban J connectivity index is 2.22. The van der Waals surface area contributed by atoms with E-state index in [1.165, 1.54) is 0 Å². The van der Waals surface area contributed by atoms with Gasteiger partial charge in [0.25, 0.3) is 5.91 Å². The number of nitrogens with one attached hydrogen (secondary N) is 1. The maximum Gasteiger partial charge on any atom is 0.250 e. The molecule has 3 aromatic rings. The van der Waals surface area contributed by atoms with Gasteiger partial charge >= 0.3 is 0 Å². The monoisotopic (exact) mass is 270 g/mol. The lowest BCUT2D eigenvalue weighted by Gasteiger charge is -1.99. The number of carbonyl (C=O) groups excluding carboxylic acids is 1. The summed E-state index contributed by atoms with van der Waals surface area (Å²) in [4.78, 5) is 14.6. The lowest BCUT2D eigenvalue weighted by Crippen LogP contribution is -2.11. The molecular formula is C15H11ClN2O. The van der Waals surface area contributed by atoms with E-state index in [9.17, 15) is 4.79 Å². The van der Waals surface area contributed by atoms with Crippen LogP contribution in [0.1, 0.15) is 10.4 Å². The van der Waals surface area contributed by atoms with Gasteiger partial charge in [-0.2, -0.15) is 0 Å². The molecule has 0 unspecified atom stereocenters. The van der Waals surface area contributed by atoms with Crippen LogP contribution in [-0.4, -0.2) is 10.9 Å². The summed E-state index contributed by atoms with van der Waals surface area (Å²) in [5.41, 5.74) is 8.50. The Bertz CT molecular complexity index is 777. The minimum atomic E-state index is -0.440. The van der Waals surface area contributed by atoms with E-state index in [0.717, 1.165) is 22.2 Å². The van der Waals surface area contributed by atoms with Crippen molar-refractivity contribution in [2.24, 2.45) is 5.73 Å². The summed E-state index contributed by atoms with van der Waals surface area (Å²) in [5.74, 6) is -0.440. The van der Waals surface area contributed by atoms with Gasteiger partial charge in [0.1, 0.15) is 0 Å². The van der Waals surface area contributed by atoms with Gasteiger partial charge < -0.3 is 10.7 Å². The predicted octanol–water partition coefficient (Wildman–Crippen LogP) is 3.59. The Morgan fingerprint density at radius 2 is 1.89 bits per heavy atom. The van der Waals surface area contributed by atoms with Gasteiger partial charge in [-0.3, -0.25) is 4.79 Å². The zero-order chi connectivity index (χ0) is 13.4. The molecule has 0 aliphatic heterocycles. The molecule has 0 spiro atoms. The normalized spacial score (nSPS) is 10.8. The number of hydrogen-bond donors (Lipinski definition) is 2. The Hall–Kier alpha value is -2.26. The zero-order valence-electron chi connectivity index (χ0n) is 9.98. The molecule has 0 bridgehead atoms. The molecule has 4 heteroatoms. The van der Waals surface area contributed by atoms with Crippen LogP contribution in [0.25, 0.3) is 22.2 Å². The van der Waals surface area contributed by atoms with Crippen LogP contribution in [0.2, 0.25) is 5.02 Å². The molecule has 3 N–H and O–H groups in total. The number of halogens is 1. The van der Waals surface area contributed by atoms with E-state index in [0.29, 0.717) is 10.6 Å². The van der Waals surface area contributed by atoms with Crippen LogP contribution in [0, 0.1) is 0 Å². The number of amides is 1. The van der Waals surface area contributed by atoms with Gasteiger partial charge in [-0.15, -0.1) is 0 Å². The number of para-hydroxylation sites is 1. The maximum atomic E-state index is 11.4. The summed E-state index contributed by atoms with van der Waals surface area (Å²) in [6.07, 6.45) is 0. The number of benzene rings is 2. The molecule has 0 aliphatic rings. The second kappa shape index (κ2) is 4.44. The lowest BCUT2D eigenvalue weighted by atomic mass is 10.1. The third-order valence-corrected chi connectivity index (χ3v) is 3.29. The molecule has 0 atom stereocenters. The van der Waals surface area contributed by atoms with Crippen molar-refractivity contribution in [3.05, 3.63) is 59.1 Å². The standard InChI is InChI=1S/C15H11ClN2O/c16-11-5-1-3-9(7-11)13-8-10-4-2-6-12(15(17)19)14(10)18-13/h1-8,18H,(H2,17,19). The van der Waals surface area contributed by atoms with E-state index >= 15 is 0 Å². The predicted molar refractivity (Wildman–Crippen MR) is 77.3 cm³/mol. The van der Waals surface area contributed by atoms with Gasteiger partial charge in [-0.05, 0) is 29.8 Å². The molecule has 94 valence electrons. The molecule has 0 saturated heterocycles. The van der Waals surface area contributed by atoms with Gasteiger partial charge in [0.2, 0.25) is 0 Å². The number of aromatic amines is 1. The third kappa shape index (κ3) is 2.09. The van der Waals surface area contributed by atoms with Crippen molar-refractivity contribution in [1.82, 2.24) is 4.98 Å². The first-order valence-electron chi connectivity index (χ1n) is 5.82. The molecule has 0 fully saturated rings. The van der Waals surface area contributed by atoms with Gasteiger partial charge in [0, 0.05) is 16.1 Å². The van der Waals surface area contributed by atoms with E-state index in [1.54, 1.807) is 6.07 Å². The molecule has 19 heavy (non-hydrogen) atoms. The highest BCUT2D eigenvalue weighted by molar-refractivity contribution is 6.30. The summed E-state index contributed by atoms with van der Waals surface area (Å²) >= 11 is 5.99. The second-order valence-electron chi connectivity index (χ2n) is 4.33. The van der Waals surface area contributed by atoms with E-state index in [4.69, 9.17) is 17.3 Å². The van der Waals surface area contributed by atoms with Gasteiger partial charge in [0.05, 0.1) is 11.1 Å². The maximum absolute atomic E-state index is 11.4. The summed E-state index contributed by atoms with van der Waals surface area (Å²) in [7, 11) is 0. The Morgan fingerprint density at radius 3 is 2.63 bits per heavy atom. The smallest absolute Gasteiger partial charge is 0.250 e. The molecule has 3 nitrogen and oxygen atoms in total. The Labute approximate surface area is 115 Å². The number of fused-ring (bicyclic) bond motifs is 1. The summed E-state index contributed by atoms with van der Waals surface area (Å²) in [5, 5.41) is 1.62. The largest absolute Gasteiger partial charge is 0.366 e. The number of hydrogen-bond acceptors (Lipinski definition) is 1. The molecule has 1 amide bonds. The first-order chi connectivity index (χ1) is 9.15. The molecular weight excluding hydrogens is 260 g/mol. The SMILES string of the molecule is NC(=O)c1cccc2cc(-c3cccc(Cl)c3)[nH]c12. The van der Waals surface area contributed by atoms with Crippen LogP contribution in [0.3, 0.4) is 0 Å². The summed E-state index contributed by atoms with van der Waals surface area (Å²) in [6, 6.07) is 15.0. The fourth-order valence-electron chi connectivity index (χ4n) is 2.17. The third-order valence-electron chi connectivity index (χ3n) is 3.06. The van der Waals surface area contributed by atoms with Crippen molar-refractivity contribution < 1.29 is 4.79 Å². The number of primary amides is 1. The minimum Gasteiger partial charge on any atom is -0.366 e. The van der Waals surface area contributed by atoms with Crippen molar-refractivity contribution in [1.29, 1.82) is 0 Å².